The van der Waals surface area contributed by atoms with E-state index in [1.165, 1.54) is 4.90 Å². The lowest BCUT2D eigenvalue weighted by atomic mass is 9.83. The number of hydrogen-bond acceptors (Lipinski definition) is 4. The maximum atomic E-state index is 13.0. The van der Waals surface area contributed by atoms with Crippen molar-refractivity contribution in [3.8, 4) is 5.75 Å². The van der Waals surface area contributed by atoms with E-state index >= 15 is 0 Å². The Kier molecular flexibility index (Phi) is 4.99. The summed E-state index contributed by atoms with van der Waals surface area (Å²) in [5.74, 6) is 0.113. The molecule has 0 unspecified atom stereocenters. The van der Waals surface area contributed by atoms with E-state index in [4.69, 9.17) is 9.47 Å². The first-order valence-corrected chi connectivity index (χ1v) is 8.77. The van der Waals surface area contributed by atoms with Gasteiger partial charge in [0, 0.05) is 0 Å². The minimum Gasteiger partial charge on any atom is -0.497 e. The molecule has 1 aromatic carbocycles. The maximum Gasteiger partial charge on any atom is 0.328 e. The molecule has 2 fully saturated rings. The van der Waals surface area contributed by atoms with Crippen molar-refractivity contribution in [2.24, 2.45) is 5.92 Å². The fraction of sp³-hybridized carbons (Fsp3) is 0.579. The minimum absolute atomic E-state index is 0.0675. The molecule has 1 amide bonds. The van der Waals surface area contributed by atoms with Gasteiger partial charge < -0.3 is 14.6 Å². The van der Waals surface area contributed by atoms with E-state index < -0.39 is 17.7 Å². The number of ether oxygens (including phenoxy) is 2. The van der Waals surface area contributed by atoms with Gasteiger partial charge in [-0.25, -0.2) is 4.79 Å². The zero-order chi connectivity index (χ0) is 18.0. The van der Waals surface area contributed by atoms with Gasteiger partial charge in [0.15, 0.2) is 6.04 Å². The van der Waals surface area contributed by atoms with E-state index in [9.17, 15) is 14.7 Å². The molecule has 3 rings (SSSR count). The summed E-state index contributed by atoms with van der Waals surface area (Å²) in [4.78, 5) is 26.1. The van der Waals surface area contributed by atoms with Crippen molar-refractivity contribution in [2.75, 3.05) is 13.7 Å². The molecular weight excluding hydrogens is 322 g/mol. The molecule has 1 saturated heterocycles. The van der Waals surface area contributed by atoms with Crippen LogP contribution >= 0.6 is 0 Å². The number of benzene rings is 1. The minimum atomic E-state index is -1.00. The number of methoxy groups -OCH3 is 1. The molecule has 0 bridgehead atoms. The van der Waals surface area contributed by atoms with Crippen LogP contribution in [0.3, 0.4) is 0 Å². The molecule has 6 heteroatoms. The quantitative estimate of drug-likeness (QED) is 0.905. The number of carbonyl (C=O) groups is 2. The van der Waals surface area contributed by atoms with Crippen LogP contribution in [-0.4, -0.2) is 47.4 Å². The van der Waals surface area contributed by atoms with E-state index in [0.717, 1.165) is 24.2 Å². The zero-order valence-electron chi connectivity index (χ0n) is 14.7. The molecule has 2 aliphatic rings. The molecule has 6 nitrogen and oxygen atoms in total. The Balaban J connectivity index is 1.81. The van der Waals surface area contributed by atoms with Crippen molar-refractivity contribution >= 4 is 11.9 Å². The van der Waals surface area contributed by atoms with Crippen LogP contribution in [0.5, 0.6) is 5.75 Å². The van der Waals surface area contributed by atoms with Crippen molar-refractivity contribution in [1.29, 1.82) is 0 Å². The topological polar surface area (TPSA) is 76.1 Å². The molecule has 1 N–H and O–H groups in total. The summed E-state index contributed by atoms with van der Waals surface area (Å²) in [5.41, 5.74) is 0.0835. The van der Waals surface area contributed by atoms with Crippen LogP contribution < -0.4 is 4.74 Å². The lowest BCUT2D eigenvalue weighted by Gasteiger charge is -2.42. The van der Waals surface area contributed by atoms with Crippen molar-refractivity contribution < 1.29 is 24.2 Å². The van der Waals surface area contributed by atoms with Gasteiger partial charge in [0.05, 0.1) is 20.1 Å². The number of carbonyl (C=O) groups excluding carboxylic acids is 1. The Bertz CT molecular complexity index is 634. The van der Waals surface area contributed by atoms with E-state index in [0.29, 0.717) is 18.8 Å². The third-order valence-corrected chi connectivity index (χ3v) is 5.38. The Morgan fingerprint density at radius 2 is 1.92 bits per heavy atom. The highest BCUT2D eigenvalue weighted by Crippen LogP contribution is 2.42. The zero-order valence-corrected chi connectivity index (χ0v) is 14.7. The second kappa shape index (κ2) is 7.04. The fourth-order valence-corrected chi connectivity index (χ4v) is 3.85. The lowest BCUT2D eigenvalue weighted by molar-refractivity contribution is -0.164. The Morgan fingerprint density at radius 3 is 2.48 bits per heavy atom. The fourth-order valence-electron chi connectivity index (χ4n) is 3.85. The molecule has 1 spiro atoms. The summed E-state index contributed by atoms with van der Waals surface area (Å²) < 4.78 is 11.0. The number of rotatable bonds is 4. The van der Waals surface area contributed by atoms with Crippen molar-refractivity contribution in [1.82, 2.24) is 4.90 Å². The smallest absolute Gasteiger partial charge is 0.328 e. The third kappa shape index (κ3) is 3.49. The standard InChI is InChI=1S/C19H25NO5/c1-13-7-9-19(10-8-13)20(16(12-25-19)18(22)23)17(21)11-14-3-5-15(24-2)6-4-14/h3-6,13,16H,7-12H2,1-2H3,(H,22,23)/t13?,16-,19?/m1/s1. The van der Waals surface area contributed by atoms with Crippen molar-refractivity contribution in [2.45, 2.75) is 50.8 Å². The first-order valence-electron chi connectivity index (χ1n) is 8.77. The van der Waals surface area contributed by atoms with E-state index in [1.54, 1.807) is 19.2 Å². The molecule has 1 heterocycles. The lowest BCUT2D eigenvalue weighted by Crippen LogP contribution is -2.55. The van der Waals surface area contributed by atoms with Crippen LogP contribution in [0.1, 0.15) is 38.2 Å². The van der Waals surface area contributed by atoms with Gasteiger partial charge in [-0.05, 0) is 49.3 Å². The van der Waals surface area contributed by atoms with Crippen molar-refractivity contribution in [3.05, 3.63) is 29.8 Å². The van der Waals surface area contributed by atoms with Crippen molar-refractivity contribution in [3.63, 3.8) is 0 Å². The summed E-state index contributed by atoms with van der Waals surface area (Å²) in [6.45, 7) is 2.25. The second-order valence-electron chi connectivity index (χ2n) is 7.08. The number of carboxylic acids is 1. The molecule has 1 atom stereocenters. The van der Waals surface area contributed by atoms with Gasteiger partial charge in [-0.1, -0.05) is 19.1 Å². The molecule has 1 saturated carbocycles. The predicted molar refractivity (Wildman–Crippen MR) is 91.3 cm³/mol. The van der Waals surface area contributed by atoms with Gasteiger partial charge in [0.25, 0.3) is 0 Å². The highest BCUT2D eigenvalue weighted by molar-refractivity contribution is 5.86. The number of hydrogen-bond donors (Lipinski definition) is 1. The first kappa shape index (κ1) is 17.7. The van der Waals surface area contributed by atoms with Crippen LogP contribution in [0.15, 0.2) is 24.3 Å². The van der Waals surface area contributed by atoms with Gasteiger partial charge >= 0.3 is 5.97 Å². The van der Waals surface area contributed by atoms with Gasteiger partial charge in [0.2, 0.25) is 5.91 Å². The average Bonchev–Trinajstić information content (AvgIpc) is 2.98. The molecule has 0 aromatic heterocycles. The van der Waals surface area contributed by atoms with Crippen LogP contribution in [0.4, 0.5) is 0 Å². The average molecular weight is 347 g/mol. The summed E-state index contributed by atoms with van der Waals surface area (Å²) in [5, 5.41) is 9.54. The summed E-state index contributed by atoms with van der Waals surface area (Å²) in [6, 6.07) is 6.36. The van der Waals surface area contributed by atoms with Crippen LogP contribution in [0.2, 0.25) is 0 Å². The van der Waals surface area contributed by atoms with Crippen LogP contribution in [0, 0.1) is 5.92 Å². The van der Waals surface area contributed by atoms with Gasteiger partial charge in [0.1, 0.15) is 11.5 Å². The highest BCUT2D eigenvalue weighted by atomic mass is 16.5. The van der Waals surface area contributed by atoms with Crippen LogP contribution in [-0.2, 0) is 20.7 Å². The molecule has 0 radical (unpaired) electrons. The summed E-state index contributed by atoms with van der Waals surface area (Å²) in [7, 11) is 1.59. The van der Waals surface area contributed by atoms with Crippen LogP contribution in [0.25, 0.3) is 0 Å². The molecule has 136 valence electrons. The molecule has 1 aliphatic heterocycles. The third-order valence-electron chi connectivity index (χ3n) is 5.38. The summed E-state index contributed by atoms with van der Waals surface area (Å²) in [6.07, 6.45) is 3.45. The SMILES string of the molecule is COc1ccc(CC(=O)N2[C@@H](C(=O)O)COC23CCC(C)CC3)cc1. The van der Waals surface area contributed by atoms with Gasteiger partial charge in [-0.3, -0.25) is 9.69 Å². The number of nitrogens with zero attached hydrogens (tertiary/aromatic N) is 1. The second-order valence-corrected chi connectivity index (χ2v) is 7.08. The monoisotopic (exact) mass is 347 g/mol. The molecule has 1 aromatic rings. The van der Waals surface area contributed by atoms with E-state index in [2.05, 4.69) is 6.92 Å². The molecule has 25 heavy (non-hydrogen) atoms. The maximum absolute atomic E-state index is 13.0. The Morgan fingerprint density at radius 1 is 1.28 bits per heavy atom. The summed E-state index contributed by atoms with van der Waals surface area (Å²) >= 11 is 0. The van der Waals surface area contributed by atoms with Gasteiger partial charge in [-0.15, -0.1) is 0 Å². The Hall–Kier alpha value is -2.08. The number of carboxylic acid groups (broad SMARTS) is 1. The normalized spacial score (nSPS) is 29.0. The number of aliphatic carboxylic acids is 1. The largest absolute Gasteiger partial charge is 0.497 e. The number of amides is 1. The molecule has 1 aliphatic carbocycles. The molecular formula is C19H25NO5. The first-order chi connectivity index (χ1) is 11.9. The van der Waals surface area contributed by atoms with Gasteiger partial charge in [-0.2, -0.15) is 0 Å². The highest BCUT2D eigenvalue weighted by Gasteiger charge is 2.53. The van der Waals surface area contributed by atoms with E-state index in [-0.39, 0.29) is 18.9 Å². The predicted octanol–water partition coefficient (Wildman–Crippen LogP) is 2.46. The Labute approximate surface area is 147 Å². The van der Waals surface area contributed by atoms with E-state index in [1.807, 2.05) is 12.1 Å².